The van der Waals surface area contributed by atoms with E-state index in [-0.39, 0.29) is 11.4 Å². The SMILES string of the molecule is CC(C)(C)N([C]=O)CCCCCC(=O)NN. The molecule has 0 saturated heterocycles. The Morgan fingerprint density at radius 1 is 1.31 bits per heavy atom. The number of carbonyl (C=O) groups is 1. The molecule has 0 spiro atoms. The third kappa shape index (κ3) is 6.40. The second-order valence-corrected chi connectivity index (χ2v) is 4.79. The van der Waals surface area contributed by atoms with Crippen molar-refractivity contribution in [1.29, 1.82) is 0 Å². The van der Waals surface area contributed by atoms with Gasteiger partial charge >= 0.3 is 6.41 Å². The Kier molecular flexibility index (Phi) is 6.72. The molecule has 0 aliphatic carbocycles. The van der Waals surface area contributed by atoms with Gasteiger partial charge in [0.1, 0.15) is 0 Å². The molecule has 16 heavy (non-hydrogen) atoms. The molecule has 0 aliphatic rings. The molecule has 3 N–H and O–H groups in total. The number of hydrogen-bond acceptors (Lipinski definition) is 3. The van der Waals surface area contributed by atoms with E-state index in [0.29, 0.717) is 13.0 Å². The van der Waals surface area contributed by atoms with Crippen LogP contribution in [0, 0.1) is 0 Å². The quantitative estimate of drug-likeness (QED) is 0.221. The van der Waals surface area contributed by atoms with E-state index in [0.717, 1.165) is 19.3 Å². The van der Waals surface area contributed by atoms with E-state index in [1.807, 2.05) is 27.2 Å². The lowest BCUT2D eigenvalue weighted by Crippen LogP contribution is -2.40. The zero-order valence-corrected chi connectivity index (χ0v) is 10.4. The summed E-state index contributed by atoms with van der Waals surface area (Å²) >= 11 is 0. The predicted molar refractivity (Wildman–Crippen MR) is 63.0 cm³/mol. The van der Waals surface area contributed by atoms with Gasteiger partial charge in [0, 0.05) is 18.5 Å². The van der Waals surface area contributed by atoms with Crippen molar-refractivity contribution in [3.63, 3.8) is 0 Å². The summed E-state index contributed by atoms with van der Waals surface area (Å²) in [5.74, 6) is 4.81. The van der Waals surface area contributed by atoms with Crippen LogP contribution in [0.3, 0.4) is 0 Å². The van der Waals surface area contributed by atoms with Crippen LogP contribution >= 0.6 is 0 Å². The van der Waals surface area contributed by atoms with Gasteiger partial charge in [-0.2, -0.15) is 0 Å². The molecular formula is C11H22N3O2. The molecule has 0 saturated carbocycles. The Morgan fingerprint density at radius 2 is 1.94 bits per heavy atom. The van der Waals surface area contributed by atoms with Crippen LogP contribution in [0.5, 0.6) is 0 Å². The van der Waals surface area contributed by atoms with Gasteiger partial charge in [0.15, 0.2) is 0 Å². The molecule has 0 atom stereocenters. The Bertz CT molecular complexity index is 224. The van der Waals surface area contributed by atoms with E-state index in [1.54, 1.807) is 4.90 Å². The molecule has 5 heteroatoms. The van der Waals surface area contributed by atoms with Gasteiger partial charge in [-0.3, -0.25) is 15.0 Å². The number of nitrogens with zero attached hydrogens (tertiary/aromatic N) is 1. The summed E-state index contributed by atoms with van der Waals surface area (Å²) in [6.07, 6.45) is 4.95. The van der Waals surface area contributed by atoms with Crippen LogP contribution in [-0.2, 0) is 9.59 Å². The summed E-state index contributed by atoms with van der Waals surface area (Å²) < 4.78 is 0. The van der Waals surface area contributed by atoms with Crippen LogP contribution in [0.1, 0.15) is 46.5 Å². The van der Waals surface area contributed by atoms with Crippen LogP contribution in [0.15, 0.2) is 0 Å². The van der Waals surface area contributed by atoms with Gasteiger partial charge in [0.25, 0.3) is 0 Å². The first-order valence-corrected chi connectivity index (χ1v) is 5.56. The zero-order valence-electron chi connectivity index (χ0n) is 10.4. The molecule has 0 rings (SSSR count). The first-order chi connectivity index (χ1) is 7.41. The molecule has 1 radical (unpaired) electrons. The molecule has 93 valence electrons. The smallest absolute Gasteiger partial charge is 0.312 e. The highest BCUT2D eigenvalue weighted by Crippen LogP contribution is 2.12. The molecule has 5 nitrogen and oxygen atoms in total. The lowest BCUT2D eigenvalue weighted by atomic mass is 10.1. The van der Waals surface area contributed by atoms with Gasteiger partial charge in [-0.05, 0) is 33.6 Å². The van der Waals surface area contributed by atoms with Gasteiger partial charge in [0.2, 0.25) is 5.91 Å². The molecule has 0 aromatic carbocycles. The van der Waals surface area contributed by atoms with Crippen molar-refractivity contribution in [3.8, 4) is 0 Å². The van der Waals surface area contributed by atoms with Crippen molar-refractivity contribution < 1.29 is 9.59 Å². The molecule has 0 fully saturated rings. The van der Waals surface area contributed by atoms with E-state index in [1.165, 1.54) is 0 Å². The Labute approximate surface area is 97.3 Å². The second kappa shape index (κ2) is 7.22. The van der Waals surface area contributed by atoms with Gasteiger partial charge in [-0.15, -0.1) is 0 Å². The number of nitrogens with one attached hydrogen (secondary N) is 1. The van der Waals surface area contributed by atoms with Gasteiger partial charge in [-0.25, -0.2) is 5.84 Å². The van der Waals surface area contributed by atoms with E-state index < -0.39 is 0 Å². The summed E-state index contributed by atoms with van der Waals surface area (Å²) in [7, 11) is 0. The lowest BCUT2D eigenvalue weighted by Gasteiger charge is -2.31. The van der Waals surface area contributed by atoms with Crippen molar-refractivity contribution in [1.82, 2.24) is 10.3 Å². The summed E-state index contributed by atoms with van der Waals surface area (Å²) in [6.45, 7) is 6.59. The number of carbonyl (C=O) groups excluding carboxylic acids is 2. The molecular weight excluding hydrogens is 206 g/mol. The summed E-state index contributed by atoms with van der Waals surface area (Å²) in [6, 6.07) is 0. The number of hydrazine groups is 1. The molecule has 0 heterocycles. The molecule has 0 unspecified atom stereocenters. The largest absolute Gasteiger partial charge is 0.330 e. The van der Waals surface area contributed by atoms with Gasteiger partial charge < -0.3 is 4.90 Å². The molecule has 0 aromatic heterocycles. The molecule has 2 amide bonds. The van der Waals surface area contributed by atoms with E-state index in [2.05, 4.69) is 5.43 Å². The van der Waals surface area contributed by atoms with Crippen molar-refractivity contribution in [3.05, 3.63) is 0 Å². The highest BCUT2D eigenvalue weighted by Gasteiger charge is 2.19. The Morgan fingerprint density at radius 3 is 2.38 bits per heavy atom. The van der Waals surface area contributed by atoms with Gasteiger partial charge in [-0.1, -0.05) is 6.42 Å². The van der Waals surface area contributed by atoms with Crippen LogP contribution in [0.2, 0.25) is 0 Å². The molecule has 0 aromatic rings. The second-order valence-electron chi connectivity index (χ2n) is 4.79. The average Bonchev–Trinajstić information content (AvgIpc) is 2.20. The maximum atomic E-state index is 10.8. The summed E-state index contributed by atoms with van der Waals surface area (Å²) in [5, 5.41) is 0. The Hall–Kier alpha value is -1.10. The molecule has 0 bridgehead atoms. The average molecular weight is 228 g/mol. The minimum absolute atomic E-state index is 0.144. The third-order valence-corrected chi connectivity index (χ3v) is 2.37. The van der Waals surface area contributed by atoms with E-state index in [4.69, 9.17) is 5.84 Å². The number of rotatable bonds is 7. The number of hydrogen-bond donors (Lipinski definition) is 2. The number of nitrogens with two attached hydrogens (primary N) is 1. The zero-order chi connectivity index (χ0) is 12.6. The fourth-order valence-electron chi connectivity index (χ4n) is 1.32. The van der Waals surface area contributed by atoms with Crippen molar-refractivity contribution in [2.45, 2.75) is 52.0 Å². The minimum atomic E-state index is -0.184. The lowest BCUT2D eigenvalue weighted by molar-refractivity contribution is -0.121. The molecule has 0 aliphatic heterocycles. The van der Waals surface area contributed by atoms with Crippen LogP contribution < -0.4 is 11.3 Å². The highest BCUT2D eigenvalue weighted by molar-refractivity contribution is 5.75. The van der Waals surface area contributed by atoms with E-state index in [9.17, 15) is 9.59 Å². The maximum absolute atomic E-state index is 10.8. The van der Waals surface area contributed by atoms with Crippen LogP contribution in [0.4, 0.5) is 0 Å². The maximum Gasteiger partial charge on any atom is 0.312 e. The highest BCUT2D eigenvalue weighted by atomic mass is 16.2. The Balaban J connectivity index is 3.65. The number of unbranched alkanes of at least 4 members (excludes halogenated alkanes) is 2. The van der Waals surface area contributed by atoms with Crippen molar-refractivity contribution in [2.24, 2.45) is 5.84 Å². The standard InChI is InChI=1S/C11H22N3O2/c1-11(2,3)14(9-15)8-6-4-5-7-10(16)13-12/h4-8,12H2,1-3H3,(H,13,16). The van der Waals surface area contributed by atoms with Crippen LogP contribution in [0.25, 0.3) is 0 Å². The van der Waals surface area contributed by atoms with Gasteiger partial charge in [0.05, 0.1) is 0 Å². The fourth-order valence-corrected chi connectivity index (χ4v) is 1.32. The fraction of sp³-hybridized carbons (Fsp3) is 0.818. The van der Waals surface area contributed by atoms with Crippen LogP contribution in [-0.4, -0.2) is 29.3 Å². The van der Waals surface area contributed by atoms with Crippen molar-refractivity contribution in [2.75, 3.05) is 6.54 Å². The third-order valence-electron chi connectivity index (χ3n) is 2.37. The predicted octanol–water partition coefficient (Wildman–Crippen LogP) is 0.704. The summed E-state index contributed by atoms with van der Waals surface area (Å²) in [5.41, 5.74) is 1.90. The first kappa shape index (κ1) is 14.9. The number of amides is 2. The van der Waals surface area contributed by atoms with Crippen molar-refractivity contribution >= 4 is 12.3 Å². The minimum Gasteiger partial charge on any atom is -0.330 e. The summed E-state index contributed by atoms with van der Waals surface area (Å²) in [4.78, 5) is 23.2. The topological polar surface area (TPSA) is 75.4 Å². The monoisotopic (exact) mass is 228 g/mol. The normalized spacial score (nSPS) is 11.0. The van der Waals surface area contributed by atoms with E-state index >= 15 is 0 Å². The first-order valence-electron chi connectivity index (χ1n) is 5.56.